The molecule has 2 aromatic rings. The van der Waals surface area contributed by atoms with Gasteiger partial charge in [-0.2, -0.15) is 0 Å². The van der Waals surface area contributed by atoms with Crippen molar-refractivity contribution in [2.75, 3.05) is 12.4 Å². The first-order chi connectivity index (χ1) is 8.34. The van der Waals surface area contributed by atoms with Crippen LogP contribution in [0.5, 0.6) is 5.75 Å². The molecule has 0 atom stereocenters. The minimum absolute atomic E-state index is 0.723. The maximum absolute atomic E-state index is 5.64. The van der Waals surface area contributed by atoms with E-state index >= 15 is 0 Å². The van der Waals surface area contributed by atoms with Crippen molar-refractivity contribution in [3.63, 3.8) is 0 Å². The highest BCUT2D eigenvalue weighted by molar-refractivity contribution is 9.10. The van der Waals surface area contributed by atoms with Crippen LogP contribution in [-0.2, 0) is 0 Å². The molecule has 0 aliphatic heterocycles. The summed E-state index contributed by atoms with van der Waals surface area (Å²) in [7, 11) is 0. The minimum atomic E-state index is 0.723. The van der Waals surface area contributed by atoms with Crippen LogP contribution in [0, 0.1) is 0 Å². The molecule has 17 heavy (non-hydrogen) atoms. The van der Waals surface area contributed by atoms with Crippen LogP contribution >= 0.6 is 27.7 Å². The molecule has 0 saturated carbocycles. The van der Waals surface area contributed by atoms with Crippen molar-refractivity contribution >= 4 is 27.7 Å². The highest BCUT2D eigenvalue weighted by Crippen LogP contribution is 2.19. The number of halogens is 1. The lowest BCUT2D eigenvalue weighted by atomic mass is 10.3. The van der Waals surface area contributed by atoms with Crippen molar-refractivity contribution in [3.8, 4) is 5.75 Å². The average molecular weight is 309 g/mol. The molecule has 1 nitrogen and oxygen atoms in total. The summed E-state index contributed by atoms with van der Waals surface area (Å²) in [6, 6.07) is 18.3. The predicted octanol–water partition coefficient (Wildman–Crippen LogP) is 4.62. The van der Waals surface area contributed by atoms with Gasteiger partial charge < -0.3 is 4.74 Å². The van der Waals surface area contributed by atoms with Gasteiger partial charge in [0.1, 0.15) is 5.75 Å². The topological polar surface area (TPSA) is 9.23 Å². The first-order valence-corrected chi connectivity index (χ1v) is 7.19. The second kappa shape index (κ2) is 6.72. The maximum Gasteiger partial charge on any atom is 0.119 e. The monoisotopic (exact) mass is 308 g/mol. The molecule has 0 aromatic heterocycles. The van der Waals surface area contributed by atoms with Crippen LogP contribution in [0.15, 0.2) is 64.0 Å². The van der Waals surface area contributed by atoms with Crippen molar-refractivity contribution in [1.29, 1.82) is 0 Å². The van der Waals surface area contributed by atoms with Crippen LogP contribution in [0.4, 0.5) is 0 Å². The van der Waals surface area contributed by atoms with Gasteiger partial charge in [0.25, 0.3) is 0 Å². The van der Waals surface area contributed by atoms with Crippen LogP contribution < -0.4 is 4.74 Å². The number of thioether (sulfide) groups is 1. The second-order valence-electron chi connectivity index (χ2n) is 3.46. The maximum atomic E-state index is 5.64. The van der Waals surface area contributed by atoms with Crippen LogP contribution in [0.25, 0.3) is 0 Å². The number of hydrogen-bond acceptors (Lipinski definition) is 2. The van der Waals surface area contributed by atoms with E-state index in [9.17, 15) is 0 Å². The lowest BCUT2D eigenvalue weighted by Gasteiger charge is -2.05. The standard InChI is InChI=1S/C14H13BrOS/c15-12-6-8-13(9-7-12)16-10-11-17-14-4-2-1-3-5-14/h1-9H,10-11H2. The fourth-order valence-electron chi connectivity index (χ4n) is 1.37. The largest absolute Gasteiger partial charge is 0.493 e. The fourth-order valence-corrected chi connectivity index (χ4v) is 2.38. The van der Waals surface area contributed by atoms with Gasteiger partial charge in [0.05, 0.1) is 6.61 Å². The summed E-state index contributed by atoms with van der Waals surface area (Å²) in [5.74, 6) is 1.88. The van der Waals surface area contributed by atoms with Crippen molar-refractivity contribution in [1.82, 2.24) is 0 Å². The molecule has 0 saturated heterocycles. The zero-order valence-corrected chi connectivity index (χ0v) is 11.7. The Labute approximate surface area is 114 Å². The van der Waals surface area contributed by atoms with E-state index in [1.165, 1.54) is 4.90 Å². The summed E-state index contributed by atoms with van der Waals surface area (Å²) in [4.78, 5) is 1.28. The van der Waals surface area contributed by atoms with Crippen molar-refractivity contribution in [2.45, 2.75) is 4.90 Å². The molecular formula is C14H13BrOS. The van der Waals surface area contributed by atoms with Crippen molar-refractivity contribution < 1.29 is 4.74 Å². The molecule has 0 spiro atoms. The molecule has 0 aliphatic carbocycles. The lowest BCUT2D eigenvalue weighted by Crippen LogP contribution is -1.99. The van der Waals surface area contributed by atoms with Crippen LogP contribution in [-0.4, -0.2) is 12.4 Å². The Morgan fingerprint density at radius 2 is 1.65 bits per heavy atom. The Morgan fingerprint density at radius 3 is 2.35 bits per heavy atom. The highest BCUT2D eigenvalue weighted by atomic mass is 79.9. The number of ether oxygens (including phenoxy) is 1. The van der Waals surface area contributed by atoms with E-state index in [2.05, 4.69) is 40.2 Å². The fraction of sp³-hybridized carbons (Fsp3) is 0.143. The predicted molar refractivity (Wildman–Crippen MR) is 76.8 cm³/mol. The van der Waals surface area contributed by atoms with Gasteiger partial charge in [0.15, 0.2) is 0 Å². The molecule has 0 bridgehead atoms. The smallest absolute Gasteiger partial charge is 0.119 e. The van der Waals surface area contributed by atoms with E-state index in [1.54, 1.807) is 0 Å². The Bertz CT molecular complexity index is 442. The normalized spacial score (nSPS) is 10.2. The van der Waals surface area contributed by atoms with E-state index in [1.807, 2.05) is 42.1 Å². The molecule has 0 fully saturated rings. The van der Waals surface area contributed by atoms with E-state index in [-0.39, 0.29) is 0 Å². The molecule has 2 rings (SSSR count). The van der Waals surface area contributed by atoms with Crippen LogP contribution in [0.1, 0.15) is 0 Å². The molecule has 0 aliphatic rings. The Balaban J connectivity index is 1.71. The summed E-state index contributed by atoms with van der Waals surface area (Å²) in [5.41, 5.74) is 0. The summed E-state index contributed by atoms with van der Waals surface area (Å²) in [6.45, 7) is 0.723. The van der Waals surface area contributed by atoms with Crippen molar-refractivity contribution in [2.24, 2.45) is 0 Å². The highest BCUT2D eigenvalue weighted by Gasteiger charge is 1.95. The first-order valence-electron chi connectivity index (χ1n) is 5.41. The van der Waals surface area contributed by atoms with Crippen molar-refractivity contribution in [3.05, 3.63) is 59.1 Å². The van der Waals surface area contributed by atoms with Gasteiger partial charge in [-0.3, -0.25) is 0 Å². The molecule has 0 radical (unpaired) electrons. The summed E-state index contributed by atoms with van der Waals surface area (Å²) in [5, 5.41) is 0. The third-order valence-corrected chi connectivity index (χ3v) is 3.68. The third kappa shape index (κ3) is 4.44. The molecule has 3 heteroatoms. The SMILES string of the molecule is Brc1ccc(OCCSc2ccccc2)cc1. The van der Waals surface area contributed by atoms with Gasteiger partial charge >= 0.3 is 0 Å². The van der Waals surface area contributed by atoms with Crippen LogP contribution in [0.3, 0.4) is 0 Å². The molecule has 88 valence electrons. The van der Waals surface area contributed by atoms with Gasteiger partial charge in [-0.25, -0.2) is 0 Å². The van der Waals surface area contributed by atoms with E-state index < -0.39 is 0 Å². The molecule has 2 aromatic carbocycles. The molecule has 0 heterocycles. The summed E-state index contributed by atoms with van der Waals surface area (Å²) < 4.78 is 6.71. The third-order valence-electron chi connectivity index (χ3n) is 2.18. The second-order valence-corrected chi connectivity index (χ2v) is 5.55. The van der Waals surface area contributed by atoms with Gasteiger partial charge in [-0.15, -0.1) is 11.8 Å². The summed E-state index contributed by atoms with van der Waals surface area (Å²) in [6.07, 6.45) is 0. The number of benzene rings is 2. The van der Waals surface area contributed by atoms with E-state index in [0.717, 1.165) is 22.6 Å². The van der Waals surface area contributed by atoms with E-state index in [0.29, 0.717) is 0 Å². The minimum Gasteiger partial charge on any atom is -0.493 e. The van der Waals surface area contributed by atoms with Gasteiger partial charge in [0.2, 0.25) is 0 Å². The van der Waals surface area contributed by atoms with E-state index in [4.69, 9.17) is 4.74 Å². The van der Waals surface area contributed by atoms with Gasteiger partial charge in [-0.1, -0.05) is 34.1 Å². The molecule has 0 N–H and O–H groups in total. The van der Waals surface area contributed by atoms with Gasteiger partial charge in [0, 0.05) is 15.1 Å². The number of rotatable bonds is 5. The Morgan fingerprint density at radius 1 is 0.941 bits per heavy atom. The molecule has 0 unspecified atom stereocenters. The number of hydrogen-bond donors (Lipinski definition) is 0. The first kappa shape index (κ1) is 12.5. The zero-order valence-electron chi connectivity index (χ0n) is 9.30. The van der Waals surface area contributed by atoms with Gasteiger partial charge in [-0.05, 0) is 36.4 Å². The average Bonchev–Trinajstić information content (AvgIpc) is 2.38. The van der Waals surface area contributed by atoms with Crippen LogP contribution in [0.2, 0.25) is 0 Å². The summed E-state index contributed by atoms with van der Waals surface area (Å²) >= 11 is 5.21. The Hall–Kier alpha value is -0.930. The Kier molecular flexibility index (Phi) is 4.95. The lowest BCUT2D eigenvalue weighted by molar-refractivity contribution is 0.344. The quantitative estimate of drug-likeness (QED) is 0.589. The molecule has 0 amide bonds. The molecular weight excluding hydrogens is 296 g/mol. The zero-order chi connectivity index (χ0) is 11.9.